The van der Waals surface area contributed by atoms with E-state index < -0.39 is 0 Å². The van der Waals surface area contributed by atoms with Crippen LogP contribution in [0.3, 0.4) is 0 Å². The van der Waals surface area contributed by atoms with Gasteiger partial charge in [-0.2, -0.15) is 0 Å². The molecule has 0 saturated heterocycles. The highest BCUT2D eigenvalue weighted by Crippen LogP contribution is 2.31. The van der Waals surface area contributed by atoms with Crippen LogP contribution >= 0.6 is 27.5 Å². The second-order valence-corrected chi connectivity index (χ2v) is 6.24. The molecule has 0 unspecified atom stereocenters. The third-order valence-electron chi connectivity index (χ3n) is 3.21. The van der Waals surface area contributed by atoms with E-state index in [0.717, 1.165) is 5.56 Å². The minimum Gasteiger partial charge on any atom is -0.476 e. The van der Waals surface area contributed by atoms with E-state index in [1.165, 1.54) is 5.56 Å². The van der Waals surface area contributed by atoms with Crippen LogP contribution in [-0.2, 0) is 4.74 Å². The lowest BCUT2D eigenvalue weighted by Crippen LogP contribution is -2.27. The highest BCUT2D eigenvalue weighted by molar-refractivity contribution is 9.09. The maximum Gasteiger partial charge on any atom is 0.216 e. The molecule has 1 aliphatic heterocycles. The molecule has 1 heterocycles. The molecule has 0 aliphatic carbocycles. The summed E-state index contributed by atoms with van der Waals surface area (Å²) in [5.74, 6) is 0.672. The largest absolute Gasteiger partial charge is 0.476 e. The van der Waals surface area contributed by atoms with Gasteiger partial charge in [0.05, 0.1) is 10.9 Å². The van der Waals surface area contributed by atoms with Gasteiger partial charge in [0.15, 0.2) is 0 Å². The number of benzene rings is 2. The summed E-state index contributed by atoms with van der Waals surface area (Å²) in [7, 11) is 0. The first-order valence-corrected chi connectivity index (χ1v) is 7.69. The highest BCUT2D eigenvalue weighted by Gasteiger charge is 2.27. The number of rotatable bonds is 2. The highest BCUT2D eigenvalue weighted by atomic mass is 79.9. The minimum atomic E-state index is 0.0654. The Morgan fingerprint density at radius 3 is 2.45 bits per heavy atom. The van der Waals surface area contributed by atoms with Crippen molar-refractivity contribution in [3.8, 4) is 0 Å². The quantitative estimate of drug-likeness (QED) is 0.724. The fourth-order valence-electron chi connectivity index (χ4n) is 2.18. The maximum atomic E-state index is 5.91. The Morgan fingerprint density at radius 2 is 1.75 bits per heavy atom. The van der Waals surface area contributed by atoms with Crippen molar-refractivity contribution in [2.75, 3.05) is 6.61 Å². The molecule has 0 saturated carbocycles. The van der Waals surface area contributed by atoms with Crippen LogP contribution in [0.15, 0.2) is 59.6 Å². The molecule has 1 aliphatic rings. The van der Waals surface area contributed by atoms with Crippen LogP contribution in [0, 0.1) is 0 Å². The molecule has 0 fully saturated rings. The van der Waals surface area contributed by atoms with E-state index in [1.807, 2.05) is 42.5 Å². The van der Waals surface area contributed by atoms with Crippen LogP contribution in [0.2, 0.25) is 5.02 Å². The van der Waals surface area contributed by atoms with Gasteiger partial charge < -0.3 is 4.74 Å². The van der Waals surface area contributed by atoms with Crippen molar-refractivity contribution in [3.05, 3.63) is 70.7 Å². The van der Waals surface area contributed by atoms with E-state index in [0.29, 0.717) is 17.5 Å². The van der Waals surface area contributed by atoms with Gasteiger partial charge in [-0.1, -0.05) is 57.9 Å². The van der Waals surface area contributed by atoms with E-state index in [-0.39, 0.29) is 10.9 Å². The zero-order valence-electron chi connectivity index (χ0n) is 10.7. The second-order valence-electron chi connectivity index (χ2n) is 4.62. The summed E-state index contributed by atoms with van der Waals surface area (Å²) < 4.78 is 5.73. The van der Waals surface area contributed by atoms with Crippen LogP contribution in [-0.4, -0.2) is 17.3 Å². The van der Waals surface area contributed by atoms with Gasteiger partial charge in [-0.15, -0.1) is 0 Å². The number of hydrogen-bond acceptors (Lipinski definition) is 2. The van der Waals surface area contributed by atoms with Crippen molar-refractivity contribution in [2.24, 2.45) is 4.99 Å². The Bertz CT molecular complexity index is 612. The monoisotopic (exact) mass is 349 g/mol. The Labute approximate surface area is 131 Å². The maximum absolute atomic E-state index is 5.91. The third-order valence-corrected chi connectivity index (χ3v) is 4.23. The normalized spacial score (nSPS) is 22.0. The van der Waals surface area contributed by atoms with Gasteiger partial charge in [0, 0.05) is 10.6 Å². The fraction of sp³-hybridized carbons (Fsp3) is 0.188. The molecule has 2 atom stereocenters. The molecule has 0 aromatic heterocycles. The molecule has 2 nitrogen and oxygen atoms in total. The van der Waals surface area contributed by atoms with Crippen molar-refractivity contribution in [3.63, 3.8) is 0 Å². The molecule has 2 aromatic carbocycles. The van der Waals surface area contributed by atoms with E-state index >= 15 is 0 Å². The summed E-state index contributed by atoms with van der Waals surface area (Å²) in [6, 6.07) is 17.9. The summed E-state index contributed by atoms with van der Waals surface area (Å²) in [6.45, 7) is 0.598. The summed E-state index contributed by atoms with van der Waals surface area (Å²) in [4.78, 5) is 4.92. The van der Waals surface area contributed by atoms with Crippen molar-refractivity contribution >= 4 is 33.4 Å². The van der Waals surface area contributed by atoms with Gasteiger partial charge in [-0.3, -0.25) is 0 Å². The SMILES string of the molecule is Clc1ccc(C2=N[C@H](c3ccccc3)[C@@H](Br)CO2)cc1. The molecule has 0 bridgehead atoms. The number of nitrogens with zero attached hydrogens (tertiary/aromatic N) is 1. The predicted molar refractivity (Wildman–Crippen MR) is 85.8 cm³/mol. The van der Waals surface area contributed by atoms with Crippen molar-refractivity contribution in [1.82, 2.24) is 0 Å². The Kier molecular flexibility index (Phi) is 4.08. The number of hydrogen-bond donors (Lipinski definition) is 0. The molecule has 2 aromatic rings. The summed E-state index contributed by atoms with van der Waals surface area (Å²) in [5.41, 5.74) is 2.14. The molecule has 0 amide bonds. The minimum absolute atomic E-state index is 0.0654. The summed E-state index contributed by atoms with van der Waals surface area (Å²) in [6.07, 6.45) is 0. The molecule has 102 valence electrons. The van der Waals surface area contributed by atoms with Gasteiger partial charge in [0.2, 0.25) is 5.90 Å². The molecular weight excluding hydrogens is 338 g/mol. The van der Waals surface area contributed by atoms with Crippen LogP contribution < -0.4 is 0 Å². The lowest BCUT2D eigenvalue weighted by atomic mass is 10.0. The van der Waals surface area contributed by atoms with E-state index in [9.17, 15) is 0 Å². The Morgan fingerprint density at radius 1 is 1.05 bits per heavy atom. The van der Waals surface area contributed by atoms with Gasteiger partial charge in [0.1, 0.15) is 6.61 Å². The van der Waals surface area contributed by atoms with Gasteiger partial charge in [-0.05, 0) is 29.8 Å². The first-order valence-electron chi connectivity index (χ1n) is 6.39. The van der Waals surface area contributed by atoms with E-state index in [2.05, 4.69) is 28.1 Å². The number of halogens is 2. The van der Waals surface area contributed by atoms with E-state index in [4.69, 9.17) is 21.3 Å². The standard InChI is InChI=1S/C16H13BrClNO/c17-14-10-20-16(12-6-8-13(18)9-7-12)19-15(14)11-4-2-1-3-5-11/h1-9,14-15H,10H2/t14-,15+/m0/s1. The molecular formula is C16H13BrClNO. The molecule has 3 rings (SSSR count). The molecule has 20 heavy (non-hydrogen) atoms. The fourth-order valence-corrected chi connectivity index (χ4v) is 2.86. The van der Waals surface area contributed by atoms with Crippen LogP contribution in [0.1, 0.15) is 17.2 Å². The van der Waals surface area contributed by atoms with Crippen molar-refractivity contribution in [1.29, 1.82) is 0 Å². The number of aliphatic imine (C=N–C) groups is 1. The third kappa shape index (κ3) is 2.89. The average Bonchev–Trinajstić information content (AvgIpc) is 2.50. The van der Waals surface area contributed by atoms with Gasteiger partial charge in [0.25, 0.3) is 0 Å². The van der Waals surface area contributed by atoms with Crippen LogP contribution in [0.4, 0.5) is 0 Å². The Hall–Kier alpha value is -1.32. The topological polar surface area (TPSA) is 21.6 Å². The zero-order chi connectivity index (χ0) is 13.9. The van der Waals surface area contributed by atoms with Gasteiger partial charge in [-0.25, -0.2) is 4.99 Å². The van der Waals surface area contributed by atoms with E-state index in [1.54, 1.807) is 0 Å². The van der Waals surface area contributed by atoms with Crippen LogP contribution in [0.25, 0.3) is 0 Å². The smallest absolute Gasteiger partial charge is 0.216 e. The second kappa shape index (κ2) is 5.98. The van der Waals surface area contributed by atoms with Crippen molar-refractivity contribution in [2.45, 2.75) is 10.9 Å². The first-order chi connectivity index (χ1) is 9.74. The van der Waals surface area contributed by atoms with Gasteiger partial charge >= 0.3 is 0 Å². The molecule has 4 heteroatoms. The Balaban J connectivity index is 1.94. The molecule has 0 N–H and O–H groups in total. The van der Waals surface area contributed by atoms with Crippen molar-refractivity contribution < 1.29 is 4.74 Å². The number of alkyl halides is 1. The lowest BCUT2D eigenvalue weighted by molar-refractivity contribution is 0.271. The zero-order valence-corrected chi connectivity index (χ0v) is 13.0. The number of ether oxygens (including phenoxy) is 1. The first kappa shape index (κ1) is 13.7. The molecule has 0 spiro atoms. The summed E-state index contributed by atoms with van der Waals surface area (Å²) in [5, 5.41) is 0.711. The van der Waals surface area contributed by atoms with Crippen LogP contribution in [0.5, 0.6) is 0 Å². The lowest BCUT2D eigenvalue weighted by Gasteiger charge is -2.26. The predicted octanol–water partition coefficient (Wildman–Crippen LogP) is 4.62. The summed E-state index contributed by atoms with van der Waals surface area (Å²) >= 11 is 9.56. The molecule has 0 radical (unpaired) electrons. The average molecular weight is 351 g/mol.